The van der Waals surface area contributed by atoms with Crippen LogP contribution in [0.5, 0.6) is 0 Å². The number of nitrogens with zero attached hydrogens (tertiary/aromatic N) is 2. The van der Waals surface area contributed by atoms with Crippen molar-refractivity contribution in [3.63, 3.8) is 0 Å². The normalized spacial score (nSPS) is 25.2. The van der Waals surface area contributed by atoms with Gasteiger partial charge in [-0.15, -0.1) is 0 Å². The number of aliphatic hydroxyl groups is 1. The topological polar surface area (TPSA) is 121 Å². The highest BCUT2D eigenvalue weighted by Crippen LogP contribution is 2.31. The van der Waals surface area contributed by atoms with Gasteiger partial charge in [0.1, 0.15) is 12.1 Å². The Morgan fingerprint density at radius 2 is 1.88 bits per heavy atom. The molecule has 0 aromatic rings. The quantitative estimate of drug-likeness (QED) is 0.653. The van der Waals surface area contributed by atoms with Crippen LogP contribution in [0.25, 0.3) is 0 Å². The van der Waals surface area contributed by atoms with E-state index < -0.39 is 29.9 Å². The molecule has 0 aromatic carbocycles. The first kappa shape index (κ1) is 19.4. The highest BCUT2D eigenvalue weighted by atomic mass is 16.3. The number of aliphatic hydroxyl groups excluding tert-OH is 1. The van der Waals surface area contributed by atoms with E-state index in [1.54, 1.807) is 20.8 Å². The molecule has 0 radical (unpaired) electrons. The molecule has 4 atom stereocenters. The maximum absolute atomic E-state index is 12.4. The summed E-state index contributed by atoms with van der Waals surface area (Å²) in [6, 6.07) is -1.01. The van der Waals surface area contributed by atoms with Crippen molar-refractivity contribution in [2.45, 2.75) is 58.2 Å². The van der Waals surface area contributed by atoms with Crippen molar-refractivity contribution < 1.29 is 24.3 Å². The van der Waals surface area contributed by atoms with Crippen LogP contribution in [0.1, 0.15) is 40.0 Å². The summed E-state index contributed by atoms with van der Waals surface area (Å²) >= 11 is 0. The molecule has 25 heavy (non-hydrogen) atoms. The van der Waals surface area contributed by atoms with Crippen LogP contribution >= 0.6 is 0 Å². The number of hydrogen-bond donors (Lipinski definition) is 2. The highest BCUT2D eigenvalue weighted by Gasteiger charge is 2.51. The Hall–Kier alpha value is -1.96. The third-order valence-corrected chi connectivity index (χ3v) is 5.19. The second-order valence-electron chi connectivity index (χ2n) is 7.35. The molecule has 4 unspecified atom stereocenters. The van der Waals surface area contributed by atoms with Gasteiger partial charge in [-0.25, -0.2) is 0 Å². The fourth-order valence-corrected chi connectivity index (χ4v) is 3.47. The van der Waals surface area contributed by atoms with Crippen molar-refractivity contribution in [2.24, 2.45) is 17.6 Å². The van der Waals surface area contributed by atoms with Crippen LogP contribution in [-0.4, -0.2) is 69.7 Å². The molecule has 2 fully saturated rings. The van der Waals surface area contributed by atoms with Gasteiger partial charge in [0.15, 0.2) is 5.78 Å². The minimum atomic E-state index is -1.15. The highest BCUT2D eigenvalue weighted by molar-refractivity contribution is 5.98. The SMILES string of the molecule is CC(CCC(=O)N1CCC2C1C(=O)CN2C(=O)C(O)C(C)C)C(N)=O. The number of ketones is 1. The smallest absolute Gasteiger partial charge is 0.252 e. The molecule has 3 N–H and O–H groups in total. The molecule has 2 rings (SSSR count). The summed E-state index contributed by atoms with van der Waals surface area (Å²) in [6.45, 7) is 5.47. The standard InChI is InChI=1S/C17H27N3O5/c1-9(2)15(23)17(25)20-8-12(21)14-11(20)6-7-19(14)13(22)5-4-10(3)16(18)24/h9-11,14-15,23H,4-8H2,1-3H3,(H2,18,24). The van der Waals surface area contributed by atoms with Crippen LogP contribution in [0.4, 0.5) is 0 Å². The molecule has 8 heteroatoms. The maximum Gasteiger partial charge on any atom is 0.252 e. The summed E-state index contributed by atoms with van der Waals surface area (Å²) in [5.74, 6) is -1.93. The zero-order valence-electron chi connectivity index (χ0n) is 15.0. The Morgan fingerprint density at radius 3 is 2.44 bits per heavy atom. The zero-order valence-corrected chi connectivity index (χ0v) is 15.0. The number of likely N-dealkylation sites (tertiary alicyclic amines) is 2. The van der Waals surface area contributed by atoms with Crippen molar-refractivity contribution in [1.29, 1.82) is 0 Å². The largest absolute Gasteiger partial charge is 0.383 e. The second-order valence-corrected chi connectivity index (χ2v) is 7.35. The van der Waals surface area contributed by atoms with Gasteiger partial charge in [0.05, 0.1) is 12.6 Å². The summed E-state index contributed by atoms with van der Waals surface area (Å²) in [4.78, 5) is 51.2. The average Bonchev–Trinajstić information content (AvgIpc) is 3.12. The molecule has 0 bridgehead atoms. The van der Waals surface area contributed by atoms with Gasteiger partial charge < -0.3 is 20.6 Å². The van der Waals surface area contributed by atoms with Crippen LogP contribution in [0.15, 0.2) is 0 Å². The lowest BCUT2D eigenvalue weighted by molar-refractivity contribution is -0.144. The fraction of sp³-hybridized carbons (Fsp3) is 0.765. The predicted molar refractivity (Wildman–Crippen MR) is 89.1 cm³/mol. The molecule has 8 nitrogen and oxygen atoms in total. The minimum Gasteiger partial charge on any atom is -0.383 e. The summed E-state index contributed by atoms with van der Waals surface area (Å²) in [5, 5.41) is 10.0. The summed E-state index contributed by atoms with van der Waals surface area (Å²) in [5.41, 5.74) is 5.20. The van der Waals surface area contributed by atoms with E-state index in [1.165, 1.54) is 9.80 Å². The number of rotatable bonds is 6. The third-order valence-electron chi connectivity index (χ3n) is 5.19. The average molecular weight is 353 g/mol. The van der Waals surface area contributed by atoms with Crippen molar-refractivity contribution in [2.75, 3.05) is 13.1 Å². The molecule has 0 aromatic heterocycles. The van der Waals surface area contributed by atoms with E-state index in [0.29, 0.717) is 19.4 Å². The van der Waals surface area contributed by atoms with Crippen LogP contribution < -0.4 is 5.73 Å². The molecule has 2 aliphatic rings. The van der Waals surface area contributed by atoms with Gasteiger partial charge in [-0.05, 0) is 18.8 Å². The molecule has 2 aliphatic heterocycles. The Morgan fingerprint density at radius 1 is 1.24 bits per heavy atom. The van der Waals surface area contributed by atoms with E-state index >= 15 is 0 Å². The molecule has 2 saturated heterocycles. The number of nitrogens with two attached hydrogens (primary N) is 1. The number of amides is 3. The summed E-state index contributed by atoms with van der Waals surface area (Å²) in [6.07, 6.45) is -0.147. The minimum absolute atomic E-state index is 0.0700. The molecule has 0 aliphatic carbocycles. The molecule has 0 saturated carbocycles. The lowest BCUT2D eigenvalue weighted by atomic mass is 10.0. The number of hydrogen-bond acceptors (Lipinski definition) is 5. The number of Topliss-reactive ketones (excluding diaryl/α,β-unsaturated/α-hetero) is 1. The molecule has 2 heterocycles. The summed E-state index contributed by atoms with van der Waals surface area (Å²) < 4.78 is 0. The van der Waals surface area contributed by atoms with Crippen molar-refractivity contribution in [3.05, 3.63) is 0 Å². The fourth-order valence-electron chi connectivity index (χ4n) is 3.47. The molecule has 140 valence electrons. The lowest BCUT2D eigenvalue weighted by Gasteiger charge is -2.27. The number of carbonyl (C=O) groups excluding carboxylic acids is 4. The van der Waals surface area contributed by atoms with Gasteiger partial charge in [-0.2, -0.15) is 0 Å². The van der Waals surface area contributed by atoms with E-state index in [2.05, 4.69) is 0 Å². The molecular weight excluding hydrogens is 326 g/mol. The Balaban J connectivity index is 2.03. The van der Waals surface area contributed by atoms with Gasteiger partial charge in [0, 0.05) is 18.9 Å². The first-order chi connectivity index (χ1) is 11.6. The second kappa shape index (κ2) is 7.51. The number of carbonyl (C=O) groups is 4. The monoisotopic (exact) mass is 353 g/mol. The molecular formula is C17H27N3O5. The van der Waals surface area contributed by atoms with Crippen LogP contribution in [-0.2, 0) is 19.2 Å². The van der Waals surface area contributed by atoms with E-state index in [0.717, 1.165) is 0 Å². The molecule has 0 spiro atoms. The van der Waals surface area contributed by atoms with E-state index in [1.807, 2.05) is 0 Å². The summed E-state index contributed by atoms with van der Waals surface area (Å²) in [7, 11) is 0. The Bertz CT molecular complexity index is 577. The van der Waals surface area contributed by atoms with Gasteiger partial charge in [-0.3, -0.25) is 19.2 Å². The van der Waals surface area contributed by atoms with Crippen LogP contribution in [0.2, 0.25) is 0 Å². The van der Waals surface area contributed by atoms with Crippen LogP contribution in [0.3, 0.4) is 0 Å². The molecule has 3 amide bonds. The lowest BCUT2D eigenvalue weighted by Crippen LogP contribution is -2.46. The van der Waals surface area contributed by atoms with Gasteiger partial charge >= 0.3 is 0 Å². The predicted octanol–water partition coefficient (Wildman–Crippen LogP) is -0.714. The van der Waals surface area contributed by atoms with Crippen LogP contribution in [0, 0.1) is 11.8 Å². The Kier molecular flexibility index (Phi) is 5.82. The van der Waals surface area contributed by atoms with Gasteiger partial charge in [0.2, 0.25) is 11.8 Å². The van der Waals surface area contributed by atoms with E-state index in [-0.39, 0.29) is 36.6 Å². The first-order valence-corrected chi connectivity index (χ1v) is 8.75. The van der Waals surface area contributed by atoms with Crippen molar-refractivity contribution in [3.8, 4) is 0 Å². The van der Waals surface area contributed by atoms with E-state index in [4.69, 9.17) is 5.73 Å². The Labute approximate surface area is 147 Å². The first-order valence-electron chi connectivity index (χ1n) is 8.75. The number of fused-ring (bicyclic) bond motifs is 1. The van der Waals surface area contributed by atoms with Crippen molar-refractivity contribution in [1.82, 2.24) is 9.80 Å². The van der Waals surface area contributed by atoms with Gasteiger partial charge in [-0.1, -0.05) is 20.8 Å². The zero-order chi connectivity index (χ0) is 18.9. The van der Waals surface area contributed by atoms with E-state index in [9.17, 15) is 24.3 Å². The van der Waals surface area contributed by atoms with Crippen molar-refractivity contribution >= 4 is 23.5 Å². The number of primary amides is 1. The third kappa shape index (κ3) is 3.84. The van der Waals surface area contributed by atoms with Gasteiger partial charge in [0.25, 0.3) is 5.91 Å². The maximum atomic E-state index is 12.4.